The first-order valence-corrected chi connectivity index (χ1v) is 9.92. The van der Waals surface area contributed by atoms with E-state index in [2.05, 4.69) is 9.97 Å². The van der Waals surface area contributed by atoms with E-state index in [9.17, 15) is 19.7 Å². The molecule has 0 aliphatic heterocycles. The van der Waals surface area contributed by atoms with E-state index in [-0.39, 0.29) is 17.2 Å². The minimum atomic E-state index is -1.23. The lowest BCUT2D eigenvalue weighted by Gasteiger charge is -2.19. The Morgan fingerprint density at radius 2 is 1.38 bits per heavy atom. The van der Waals surface area contributed by atoms with Gasteiger partial charge in [0.15, 0.2) is 0 Å². The summed E-state index contributed by atoms with van der Waals surface area (Å²) in [4.78, 5) is 45.8. The normalized spacial score (nSPS) is 10.2. The molecule has 10 heteroatoms. The summed E-state index contributed by atoms with van der Waals surface area (Å²) in [6, 6.07) is 21.8. The molecule has 0 atom stereocenters. The molecular formula is C24H16N4O6. The average Bonchev–Trinajstić information content (AvgIpc) is 2.86. The lowest BCUT2D eigenvalue weighted by atomic mass is 10.2. The predicted molar refractivity (Wildman–Crippen MR) is 122 cm³/mol. The van der Waals surface area contributed by atoms with E-state index in [1.165, 1.54) is 36.5 Å². The van der Waals surface area contributed by atoms with Crippen LogP contribution in [0.25, 0.3) is 11.3 Å². The Morgan fingerprint density at radius 3 is 1.88 bits per heavy atom. The van der Waals surface area contributed by atoms with E-state index in [0.29, 0.717) is 10.5 Å². The third-order valence-electron chi connectivity index (χ3n) is 4.48. The zero-order chi connectivity index (χ0) is 23.9. The quantitative estimate of drug-likeness (QED) is 0.294. The molecule has 2 aromatic carbocycles. The lowest BCUT2D eigenvalue weighted by Crippen LogP contribution is -2.42. The molecule has 34 heavy (non-hydrogen) atoms. The number of nitrogens with zero attached hydrogens (tertiary/aromatic N) is 4. The van der Waals surface area contributed by atoms with Crippen LogP contribution in [0.3, 0.4) is 0 Å². The smallest absolute Gasteiger partial charge is 0.410 e. The summed E-state index contributed by atoms with van der Waals surface area (Å²) in [5, 5.41) is 11.8. The fourth-order valence-electron chi connectivity index (χ4n) is 2.94. The van der Waals surface area contributed by atoms with Crippen LogP contribution in [0.2, 0.25) is 0 Å². The van der Waals surface area contributed by atoms with Crippen LogP contribution in [0.1, 0.15) is 0 Å². The van der Waals surface area contributed by atoms with Gasteiger partial charge in [-0.05, 0) is 42.5 Å². The lowest BCUT2D eigenvalue weighted by molar-refractivity contribution is -0.384. The molecule has 4 aromatic rings. The summed E-state index contributed by atoms with van der Waals surface area (Å²) in [5.41, 5.74) is 0.174. The molecule has 168 valence electrons. The second kappa shape index (κ2) is 10.0. The van der Waals surface area contributed by atoms with E-state index < -0.39 is 28.6 Å². The molecule has 0 unspecified atom stereocenters. The van der Waals surface area contributed by atoms with Crippen molar-refractivity contribution in [3.63, 3.8) is 0 Å². The van der Waals surface area contributed by atoms with Crippen molar-refractivity contribution in [3.8, 4) is 22.8 Å². The third-order valence-corrected chi connectivity index (χ3v) is 4.48. The third kappa shape index (κ3) is 5.02. The molecule has 0 fully saturated rings. The highest BCUT2D eigenvalue weighted by molar-refractivity contribution is 6.11. The number of hydrogen-bond acceptors (Lipinski definition) is 8. The van der Waals surface area contributed by atoms with Crippen molar-refractivity contribution >= 4 is 23.7 Å². The van der Waals surface area contributed by atoms with Crippen LogP contribution in [-0.2, 0) is 0 Å². The van der Waals surface area contributed by atoms with E-state index in [1.807, 2.05) is 0 Å². The zero-order valence-corrected chi connectivity index (χ0v) is 17.5. The molecule has 2 aromatic heterocycles. The molecule has 0 N–H and O–H groups in total. The fourth-order valence-corrected chi connectivity index (χ4v) is 2.94. The molecule has 4 rings (SSSR count). The van der Waals surface area contributed by atoms with Crippen molar-refractivity contribution in [1.29, 1.82) is 0 Å². The minimum Gasteiger partial charge on any atom is -0.410 e. The van der Waals surface area contributed by atoms with E-state index >= 15 is 0 Å². The topological polar surface area (TPSA) is 125 Å². The maximum absolute atomic E-state index is 13.1. The van der Waals surface area contributed by atoms with Crippen molar-refractivity contribution in [2.75, 3.05) is 4.90 Å². The van der Waals surface area contributed by atoms with Gasteiger partial charge in [-0.3, -0.25) is 15.1 Å². The van der Waals surface area contributed by atoms with Crippen LogP contribution in [0.4, 0.5) is 21.1 Å². The molecule has 0 spiro atoms. The number of para-hydroxylation sites is 2. The fraction of sp³-hybridized carbons (Fsp3) is 0. The molecule has 0 aliphatic rings. The number of imide groups is 1. The van der Waals surface area contributed by atoms with Crippen LogP contribution in [0.15, 0.2) is 97.3 Å². The number of benzene rings is 2. The van der Waals surface area contributed by atoms with Gasteiger partial charge >= 0.3 is 17.9 Å². The van der Waals surface area contributed by atoms with Gasteiger partial charge in [-0.1, -0.05) is 36.4 Å². The summed E-state index contributed by atoms with van der Waals surface area (Å²) in [6.07, 6.45) is 0.584. The molecular weight excluding hydrogens is 440 g/mol. The number of amides is 2. The van der Waals surface area contributed by atoms with Gasteiger partial charge in [0.25, 0.3) is 0 Å². The first-order valence-electron chi connectivity index (χ1n) is 9.92. The first kappa shape index (κ1) is 22.1. The number of nitro groups is 1. The van der Waals surface area contributed by atoms with E-state index in [4.69, 9.17) is 9.47 Å². The second-order valence-corrected chi connectivity index (χ2v) is 6.74. The summed E-state index contributed by atoms with van der Waals surface area (Å²) in [5.74, 6) is -0.319. The molecule has 2 heterocycles. The van der Waals surface area contributed by atoms with Gasteiger partial charge in [-0.2, -0.15) is 4.90 Å². The molecule has 0 radical (unpaired) electrons. The number of aromatic nitrogens is 2. The highest BCUT2D eigenvalue weighted by Gasteiger charge is 2.35. The standard InChI is InChI=1S/C24H16N4O6/c29-23(33-18-9-3-1-4-10-18)27(24(30)34-19-11-5-2-6-12-19)22-21(28(31)32)14-13-20(26-22)17-8-7-15-25-16-17/h1-16H. The van der Waals surface area contributed by atoms with E-state index in [0.717, 1.165) is 6.07 Å². The highest BCUT2D eigenvalue weighted by atomic mass is 16.6. The Labute approximate surface area is 193 Å². The van der Waals surface area contributed by atoms with Crippen molar-refractivity contribution < 1.29 is 24.0 Å². The van der Waals surface area contributed by atoms with Crippen molar-refractivity contribution in [1.82, 2.24) is 9.97 Å². The summed E-state index contributed by atoms with van der Waals surface area (Å²) in [7, 11) is 0. The first-order chi connectivity index (χ1) is 16.5. The number of rotatable bonds is 5. The average molecular weight is 456 g/mol. The van der Waals surface area contributed by atoms with Crippen molar-refractivity contribution in [3.05, 3.63) is 107 Å². The molecule has 0 bridgehead atoms. The Balaban J connectivity index is 1.80. The number of ether oxygens (including phenoxy) is 2. The summed E-state index contributed by atoms with van der Waals surface area (Å²) >= 11 is 0. The number of carbonyl (C=O) groups excluding carboxylic acids is 2. The maximum Gasteiger partial charge on any atom is 0.430 e. The van der Waals surface area contributed by atoms with Gasteiger partial charge in [0.2, 0.25) is 5.82 Å². The summed E-state index contributed by atoms with van der Waals surface area (Å²) < 4.78 is 10.6. The van der Waals surface area contributed by atoms with Crippen LogP contribution in [0.5, 0.6) is 11.5 Å². The molecule has 0 aliphatic carbocycles. The highest BCUT2D eigenvalue weighted by Crippen LogP contribution is 2.31. The second-order valence-electron chi connectivity index (χ2n) is 6.74. The van der Waals surface area contributed by atoms with Gasteiger partial charge in [-0.25, -0.2) is 14.6 Å². The zero-order valence-electron chi connectivity index (χ0n) is 17.5. The summed E-state index contributed by atoms with van der Waals surface area (Å²) in [6.45, 7) is 0. The molecule has 2 amide bonds. The molecule has 0 saturated carbocycles. The van der Waals surface area contributed by atoms with Crippen molar-refractivity contribution in [2.45, 2.75) is 0 Å². The maximum atomic E-state index is 13.1. The Kier molecular flexibility index (Phi) is 6.50. The van der Waals surface area contributed by atoms with Gasteiger partial charge < -0.3 is 9.47 Å². The minimum absolute atomic E-state index is 0.121. The van der Waals surface area contributed by atoms with Crippen LogP contribution < -0.4 is 14.4 Å². The van der Waals surface area contributed by atoms with Crippen LogP contribution >= 0.6 is 0 Å². The Hall–Kier alpha value is -5.12. The largest absolute Gasteiger partial charge is 0.430 e. The molecule has 0 saturated heterocycles. The Morgan fingerprint density at radius 1 is 0.794 bits per heavy atom. The van der Waals surface area contributed by atoms with E-state index in [1.54, 1.807) is 54.7 Å². The Bertz CT molecular complexity index is 1260. The number of pyridine rings is 2. The SMILES string of the molecule is O=C(Oc1ccccc1)N(C(=O)Oc1ccccc1)c1nc(-c2cccnc2)ccc1[N+](=O)[O-]. The van der Waals surface area contributed by atoms with Gasteiger partial charge in [-0.15, -0.1) is 0 Å². The van der Waals surface area contributed by atoms with Gasteiger partial charge in [0.05, 0.1) is 10.6 Å². The van der Waals surface area contributed by atoms with Gasteiger partial charge in [0, 0.05) is 24.0 Å². The van der Waals surface area contributed by atoms with Gasteiger partial charge in [0.1, 0.15) is 11.5 Å². The number of anilines is 1. The van der Waals surface area contributed by atoms with Crippen LogP contribution in [0, 0.1) is 10.1 Å². The number of hydrogen-bond donors (Lipinski definition) is 0. The molecule has 10 nitrogen and oxygen atoms in total. The predicted octanol–water partition coefficient (Wildman–Crippen LogP) is 5.26. The monoisotopic (exact) mass is 456 g/mol. The van der Waals surface area contributed by atoms with Crippen molar-refractivity contribution in [2.24, 2.45) is 0 Å². The number of carbonyl (C=O) groups is 2. The van der Waals surface area contributed by atoms with Crippen LogP contribution in [-0.4, -0.2) is 27.1 Å².